The summed E-state index contributed by atoms with van der Waals surface area (Å²) in [7, 11) is 0. The SMILES string of the molecule is CC(C)C(=O)COc1cccc(C(F)(F)F)c1. The predicted octanol–water partition coefficient (Wildman–Crippen LogP) is 3.31. The van der Waals surface area contributed by atoms with Crippen LogP contribution in [0.25, 0.3) is 0 Å². The molecule has 0 heterocycles. The average Bonchev–Trinajstić information content (AvgIpc) is 2.25. The van der Waals surface area contributed by atoms with E-state index in [4.69, 9.17) is 4.74 Å². The summed E-state index contributed by atoms with van der Waals surface area (Å²) in [5.74, 6) is -0.294. The third-order valence-electron chi connectivity index (χ3n) is 2.19. The molecule has 0 spiro atoms. The molecule has 1 rings (SSSR count). The summed E-state index contributed by atoms with van der Waals surface area (Å²) in [5.41, 5.74) is -0.785. The molecule has 17 heavy (non-hydrogen) atoms. The Bertz CT molecular complexity index is 397. The molecule has 0 saturated carbocycles. The van der Waals surface area contributed by atoms with Crippen LogP contribution in [0.5, 0.6) is 5.75 Å². The second-order valence-electron chi connectivity index (χ2n) is 3.94. The van der Waals surface area contributed by atoms with Gasteiger partial charge in [0.05, 0.1) is 5.56 Å². The molecule has 2 nitrogen and oxygen atoms in total. The van der Waals surface area contributed by atoms with Gasteiger partial charge in [-0.3, -0.25) is 4.79 Å². The first-order chi connectivity index (χ1) is 7.80. The van der Waals surface area contributed by atoms with Crippen LogP contribution in [-0.2, 0) is 11.0 Å². The molecule has 1 aromatic rings. The van der Waals surface area contributed by atoms with Gasteiger partial charge in [0.2, 0.25) is 0 Å². The lowest BCUT2D eigenvalue weighted by Gasteiger charge is -2.10. The highest BCUT2D eigenvalue weighted by atomic mass is 19.4. The van der Waals surface area contributed by atoms with Crippen LogP contribution in [0.1, 0.15) is 19.4 Å². The van der Waals surface area contributed by atoms with Gasteiger partial charge in [-0.05, 0) is 18.2 Å². The summed E-state index contributed by atoms with van der Waals surface area (Å²) in [4.78, 5) is 11.3. The number of benzene rings is 1. The highest BCUT2D eigenvalue weighted by Gasteiger charge is 2.30. The molecule has 0 aliphatic heterocycles. The molecule has 0 unspecified atom stereocenters. The van der Waals surface area contributed by atoms with Gasteiger partial charge in [-0.1, -0.05) is 19.9 Å². The van der Waals surface area contributed by atoms with Crippen LogP contribution in [0, 0.1) is 5.92 Å². The van der Waals surface area contributed by atoms with E-state index in [1.165, 1.54) is 12.1 Å². The molecule has 0 bridgehead atoms. The zero-order valence-corrected chi connectivity index (χ0v) is 9.54. The van der Waals surface area contributed by atoms with Crippen LogP contribution < -0.4 is 4.74 Å². The van der Waals surface area contributed by atoms with Crippen molar-refractivity contribution in [1.29, 1.82) is 0 Å². The number of ketones is 1. The van der Waals surface area contributed by atoms with Crippen LogP contribution >= 0.6 is 0 Å². The number of ether oxygens (including phenoxy) is 1. The molecular weight excluding hydrogens is 233 g/mol. The molecule has 0 aromatic heterocycles. The van der Waals surface area contributed by atoms with E-state index in [0.29, 0.717) is 0 Å². The molecule has 94 valence electrons. The maximum atomic E-state index is 12.4. The standard InChI is InChI=1S/C12H13F3O2/c1-8(2)11(16)7-17-10-5-3-4-9(6-10)12(13,14)15/h3-6,8H,7H2,1-2H3. The zero-order valence-electron chi connectivity index (χ0n) is 9.54. The van der Waals surface area contributed by atoms with Crippen LogP contribution in [0.3, 0.4) is 0 Å². The van der Waals surface area contributed by atoms with Crippen molar-refractivity contribution in [2.75, 3.05) is 6.61 Å². The van der Waals surface area contributed by atoms with Gasteiger partial charge in [-0.25, -0.2) is 0 Å². The van der Waals surface area contributed by atoms with Crippen molar-refractivity contribution in [3.63, 3.8) is 0 Å². The van der Waals surface area contributed by atoms with E-state index in [0.717, 1.165) is 12.1 Å². The van der Waals surface area contributed by atoms with Crippen molar-refractivity contribution in [2.45, 2.75) is 20.0 Å². The third-order valence-corrected chi connectivity index (χ3v) is 2.19. The van der Waals surface area contributed by atoms with Gasteiger partial charge >= 0.3 is 6.18 Å². The minimum absolute atomic E-state index is 0.0498. The zero-order chi connectivity index (χ0) is 13.1. The second kappa shape index (κ2) is 5.21. The van der Waals surface area contributed by atoms with Gasteiger partial charge in [0.15, 0.2) is 5.78 Å². The van der Waals surface area contributed by atoms with E-state index < -0.39 is 11.7 Å². The molecule has 0 amide bonds. The monoisotopic (exact) mass is 246 g/mol. The summed E-state index contributed by atoms with van der Waals surface area (Å²) in [5, 5.41) is 0. The van der Waals surface area contributed by atoms with Gasteiger partial charge in [0, 0.05) is 5.92 Å². The largest absolute Gasteiger partial charge is 0.486 e. The topological polar surface area (TPSA) is 26.3 Å². The fraction of sp³-hybridized carbons (Fsp3) is 0.417. The summed E-state index contributed by atoms with van der Waals surface area (Å²) in [6, 6.07) is 4.48. The average molecular weight is 246 g/mol. The highest BCUT2D eigenvalue weighted by molar-refractivity contribution is 5.81. The number of hydrogen-bond acceptors (Lipinski definition) is 2. The summed E-state index contributed by atoms with van der Waals surface area (Å²) in [6.45, 7) is 3.20. The Morgan fingerprint density at radius 1 is 1.35 bits per heavy atom. The fourth-order valence-corrected chi connectivity index (χ4v) is 1.08. The van der Waals surface area contributed by atoms with E-state index in [9.17, 15) is 18.0 Å². The lowest BCUT2D eigenvalue weighted by atomic mass is 10.1. The number of halogens is 3. The number of Topliss-reactive ketones (excluding diaryl/α,β-unsaturated/α-hetero) is 1. The highest BCUT2D eigenvalue weighted by Crippen LogP contribution is 2.31. The van der Waals surface area contributed by atoms with Crippen molar-refractivity contribution in [3.8, 4) is 5.75 Å². The van der Waals surface area contributed by atoms with Crippen molar-refractivity contribution in [3.05, 3.63) is 29.8 Å². The van der Waals surface area contributed by atoms with Gasteiger partial charge < -0.3 is 4.74 Å². The summed E-state index contributed by atoms with van der Waals surface area (Å²) in [6.07, 6.45) is -4.40. The number of carbonyl (C=O) groups excluding carboxylic acids is 1. The molecular formula is C12H13F3O2. The summed E-state index contributed by atoms with van der Waals surface area (Å²) < 4.78 is 42.1. The van der Waals surface area contributed by atoms with Crippen molar-refractivity contribution in [2.24, 2.45) is 5.92 Å². The molecule has 0 radical (unpaired) electrons. The fourth-order valence-electron chi connectivity index (χ4n) is 1.08. The summed E-state index contributed by atoms with van der Waals surface area (Å²) >= 11 is 0. The number of hydrogen-bond donors (Lipinski definition) is 0. The first-order valence-electron chi connectivity index (χ1n) is 5.13. The van der Waals surface area contributed by atoms with E-state index >= 15 is 0 Å². The number of alkyl halides is 3. The van der Waals surface area contributed by atoms with Crippen molar-refractivity contribution < 1.29 is 22.7 Å². The van der Waals surface area contributed by atoms with E-state index in [1.807, 2.05) is 0 Å². The van der Waals surface area contributed by atoms with E-state index in [2.05, 4.69) is 0 Å². The molecule has 0 atom stereocenters. The number of rotatable bonds is 4. The van der Waals surface area contributed by atoms with Gasteiger partial charge in [-0.2, -0.15) is 13.2 Å². The Labute approximate surface area is 97.4 Å². The predicted molar refractivity (Wildman–Crippen MR) is 56.8 cm³/mol. The van der Waals surface area contributed by atoms with Gasteiger partial charge in [0.25, 0.3) is 0 Å². The Morgan fingerprint density at radius 2 is 2.00 bits per heavy atom. The Morgan fingerprint density at radius 3 is 2.53 bits per heavy atom. The van der Waals surface area contributed by atoms with Crippen LogP contribution in [0.2, 0.25) is 0 Å². The third kappa shape index (κ3) is 4.09. The lowest BCUT2D eigenvalue weighted by Crippen LogP contribution is -2.17. The van der Waals surface area contributed by atoms with Crippen molar-refractivity contribution in [1.82, 2.24) is 0 Å². The van der Waals surface area contributed by atoms with Gasteiger partial charge in [0.1, 0.15) is 12.4 Å². The van der Waals surface area contributed by atoms with E-state index in [-0.39, 0.29) is 24.1 Å². The quantitative estimate of drug-likeness (QED) is 0.814. The maximum Gasteiger partial charge on any atom is 0.416 e. The molecule has 0 fully saturated rings. The molecule has 0 aliphatic rings. The molecule has 0 aliphatic carbocycles. The number of carbonyl (C=O) groups is 1. The molecule has 0 saturated heterocycles. The van der Waals surface area contributed by atoms with Crippen LogP contribution in [0.4, 0.5) is 13.2 Å². The Balaban J connectivity index is 2.70. The molecule has 0 N–H and O–H groups in total. The first-order valence-corrected chi connectivity index (χ1v) is 5.13. The van der Waals surface area contributed by atoms with Gasteiger partial charge in [-0.15, -0.1) is 0 Å². The van der Waals surface area contributed by atoms with E-state index in [1.54, 1.807) is 13.8 Å². The van der Waals surface area contributed by atoms with Crippen LogP contribution in [-0.4, -0.2) is 12.4 Å². The maximum absolute atomic E-state index is 12.4. The normalized spacial score (nSPS) is 11.6. The minimum Gasteiger partial charge on any atom is -0.486 e. The first kappa shape index (κ1) is 13.5. The molecule has 5 heteroatoms. The minimum atomic E-state index is -4.40. The van der Waals surface area contributed by atoms with Crippen LogP contribution in [0.15, 0.2) is 24.3 Å². The Kier molecular flexibility index (Phi) is 4.15. The lowest BCUT2D eigenvalue weighted by molar-refractivity contribution is -0.137. The Hall–Kier alpha value is -1.52. The smallest absolute Gasteiger partial charge is 0.416 e. The second-order valence-corrected chi connectivity index (χ2v) is 3.94. The molecule has 1 aromatic carbocycles. The van der Waals surface area contributed by atoms with Crippen molar-refractivity contribution >= 4 is 5.78 Å².